The Hall–Kier alpha value is -2.66. The molecule has 2 N–H and O–H groups in total. The van der Waals surface area contributed by atoms with E-state index in [0.717, 1.165) is 23.8 Å². The first-order valence-corrected chi connectivity index (χ1v) is 8.55. The molecule has 0 radical (unpaired) electrons. The van der Waals surface area contributed by atoms with Gasteiger partial charge >= 0.3 is 0 Å². The lowest BCUT2D eigenvalue weighted by Gasteiger charge is -2.38. The summed E-state index contributed by atoms with van der Waals surface area (Å²) in [4.78, 5) is 16.7. The van der Waals surface area contributed by atoms with E-state index in [9.17, 15) is 9.90 Å². The van der Waals surface area contributed by atoms with Crippen LogP contribution in [0, 0.1) is 5.92 Å². The van der Waals surface area contributed by atoms with E-state index in [4.69, 9.17) is 4.42 Å². The minimum Gasteiger partial charge on any atom is -0.451 e. The van der Waals surface area contributed by atoms with Gasteiger partial charge in [0.2, 0.25) is 0 Å². The third-order valence-corrected chi connectivity index (χ3v) is 4.89. The van der Waals surface area contributed by atoms with E-state index in [1.54, 1.807) is 18.5 Å². The number of hydrogen-bond donors (Lipinski definition) is 2. The molecule has 0 spiro atoms. The highest BCUT2D eigenvalue weighted by molar-refractivity contribution is 5.96. The van der Waals surface area contributed by atoms with Gasteiger partial charge in [0, 0.05) is 23.8 Å². The fourth-order valence-corrected chi connectivity index (χ4v) is 3.40. The van der Waals surface area contributed by atoms with Crippen LogP contribution in [0.4, 0.5) is 0 Å². The van der Waals surface area contributed by atoms with Gasteiger partial charge in [0.25, 0.3) is 5.91 Å². The maximum Gasteiger partial charge on any atom is 0.287 e. The lowest BCUT2D eigenvalue weighted by Crippen LogP contribution is -2.48. The average Bonchev–Trinajstić information content (AvgIpc) is 3.04. The van der Waals surface area contributed by atoms with E-state index in [0.29, 0.717) is 17.8 Å². The van der Waals surface area contributed by atoms with E-state index >= 15 is 0 Å². The highest BCUT2D eigenvalue weighted by atomic mass is 16.3. The molecular formula is C20H20N2O3. The van der Waals surface area contributed by atoms with Crippen molar-refractivity contribution in [2.45, 2.75) is 31.4 Å². The molecular weight excluding hydrogens is 316 g/mol. The Morgan fingerprint density at radius 3 is 2.72 bits per heavy atom. The molecule has 1 fully saturated rings. The molecule has 0 aliphatic heterocycles. The van der Waals surface area contributed by atoms with Crippen LogP contribution in [-0.2, 0) is 6.42 Å². The van der Waals surface area contributed by atoms with Crippen molar-refractivity contribution in [3.63, 3.8) is 0 Å². The van der Waals surface area contributed by atoms with Gasteiger partial charge in [-0.3, -0.25) is 9.78 Å². The summed E-state index contributed by atoms with van der Waals surface area (Å²) in [6.07, 6.45) is 5.40. The second-order valence-electron chi connectivity index (χ2n) is 6.67. The van der Waals surface area contributed by atoms with E-state index in [1.165, 1.54) is 0 Å². The number of carbonyl (C=O) groups excluding carboxylic acids is 1. The first-order chi connectivity index (χ1) is 12.2. The standard InChI is InChI=1S/C20H20N2O3/c23-16-10-15(11-16)17(9-13-5-7-21-8-6-13)22-20(24)19-12-14-3-1-2-4-18(14)25-19/h1-8,12,15-17,23H,9-11H2,(H,22,24)/t15?,16?,17-/m1/s1. The first kappa shape index (κ1) is 15.8. The minimum absolute atomic E-state index is 0.0356. The zero-order valence-electron chi connectivity index (χ0n) is 13.8. The number of fused-ring (bicyclic) bond motifs is 1. The molecule has 2 heterocycles. The van der Waals surface area contributed by atoms with E-state index < -0.39 is 0 Å². The highest BCUT2D eigenvalue weighted by Crippen LogP contribution is 2.32. The fourth-order valence-electron chi connectivity index (χ4n) is 3.40. The van der Waals surface area contributed by atoms with Crippen molar-refractivity contribution in [1.29, 1.82) is 0 Å². The maximum atomic E-state index is 12.7. The van der Waals surface area contributed by atoms with Crippen LogP contribution < -0.4 is 5.32 Å². The van der Waals surface area contributed by atoms with E-state index in [2.05, 4.69) is 10.3 Å². The quantitative estimate of drug-likeness (QED) is 0.751. The molecule has 25 heavy (non-hydrogen) atoms. The number of aliphatic hydroxyl groups excluding tert-OH is 1. The summed E-state index contributed by atoms with van der Waals surface area (Å²) in [5, 5.41) is 13.7. The van der Waals surface area contributed by atoms with Crippen molar-refractivity contribution in [2.75, 3.05) is 0 Å². The van der Waals surface area contributed by atoms with Gasteiger partial charge in [0.15, 0.2) is 5.76 Å². The summed E-state index contributed by atoms with van der Waals surface area (Å²) in [5.74, 6) is 0.383. The Balaban J connectivity index is 1.51. The van der Waals surface area contributed by atoms with Crippen LogP contribution in [0.3, 0.4) is 0 Å². The predicted molar refractivity (Wildman–Crippen MR) is 94.1 cm³/mol. The topological polar surface area (TPSA) is 75.4 Å². The van der Waals surface area contributed by atoms with Gasteiger partial charge in [-0.15, -0.1) is 0 Å². The number of furan rings is 1. The van der Waals surface area contributed by atoms with Crippen LogP contribution in [-0.4, -0.2) is 28.1 Å². The molecule has 2 aromatic heterocycles. The number of aliphatic hydroxyl groups is 1. The zero-order chi connectivity index (χ0) is 17.2. The summed E-state index contributed by atoms with van der Waals surface area (Å²) in [5.41, 5.74) is 1.82. The Labute approximate surface area is 145 Å². The first-order valence-electron chi connectivity index (χ1n) is 8.55. The number of carbonyl (C=O) groups is 1. The Kier molecular flexibility index (Phi) is 4.24. The SMILES string of the molecule is O=C(N[C@H](Cc1ccncc1)C1CC(O)C1)c1cc2ccccc2o1. The predicted octanol–water partition coefficient (Wildman–Crippen LogP) is 2.94. The van der Waals surface area contributed by atoms with Crippen LogP contribution in [0.5, 0.6) is 0 Å². The molecule has 5 heteroatoms. The number of nitrogens with zero attached hydrogens (tertiary/aromatic N) is 1. The normalized spacial score (nSPS) is 20.8. The average molecular weight is 336 g/mol. The van der Waals surface area contributed by atoms with Gasteiger partial charge in [-0.2, -0.15) is 0 Å². The van der Waals surface area contributed by atoms with Crippen LogP contribution >= 0.6 is 0 Å². The summed E-state index contributed by atoms with van der Waals surface area (Å²) < 4.78 is 5.66. The smallest absolute Gasteiger partial charge is 0.287 e. The zero-order valence-corrected chi connectivity index (χ0v) is 13.8. The Morgan fingerprint density at radius 2 is 2.00 bits per heavy atom. The highest BCUT2D eigenvalue weighted by Gasteiger charge is 2.35. The van der Waals surface area contributed by atoms with Gasteiger partial charge in [0.05, 0.1) is 6.10 Å². The largest absolute Gasteiger partial charge is 0.451 e. The number of rotatable bonds is 5. The van der Waals surface area contributed by atoms with Gasteiger partial charge < -0.3 is 14.8 Å². The monoisotopic (exact) mass is 336 g/mol. The van der Waals surface area contributed by atoms with Crippen molar-refractivity contribution in [2.24, 2.45) is 5.92 Å². The molecule has 1 aliphatic rings. The van der Waals surface area contributed by atoms with Crippen molar-refractivity contribution < 1.29 is 14.3 Å². The fraction of sp³-hybridized carbons (Fsp3) is 0.300. The van der Waals surface area contributed by atoms with Gasteiger partial charge in [-0.1, -0.05) is 18.2 Å². The third-order valence-electron chi connectivity index (χ3n) is 4.89. The van der Waals surface area contributed by atoms with Gasteiger partial charge in [-0.05, 0) is 55.0 Å². The lowest BCUT2D eigenvalue weighted by atomic mass is 9.75. The van der Waals surface area contributed by atoms with Crippen molar-refractivity contribution in [3.8, 4) is 0 Å². The molecule has 1 amide bonds. The summed E-state index contributed by atoms with van der Waals surface area (Å²) in [7, 11) is 0. The number of aromatic nitrogens is 1. The molecule has 1 aliphatic carbocycles. The van der Waals surface area contributed by atoms with Crippen LogP contribution in [0.25, 0.3) is 11.0 Å². The lowest BCUT2D eigenvalue weighted by molar-refractivity contribution is 0.0236. The van der Waals surface area contributed by atoms with Crippen molar-refractivity contribution in [3.05, 3.63) is 66.2 Å². The molecule has 5 nitrogen and oxygen atoms in total. The molecule has 4 rings (SSSR count). The molecule has 1 saturated carbocycles. The van der Waals surface area contributed by atoms with E-state index in [1.807, 2.05) is 36.4 Å². The Bertz CT molecular complexity index is 836. The number of para-hydroxylation sites is 1. The number of amides is 1. The van der Waals surface area contributed by atoms with E-state index in [-0.39, 0.29) is 24.0 Å². The minimum atomic E-state index is -0.256. The second-order valence-corrected chi connectivity index (χ2v) is 6.67. The number of benzene rings is 1. The molecule has 0 bridgehead atoms. The number of nitrogens with one attached hydrogen (secondary N) is 1. The molecule has 0 saturated heterocycles. The Morgan fingerprint density at radius 1 is 1.24 bits per heavy atom. The molecule has 1 atom stereocenters. The van der Waals surface area contributed by atoms with Crippen molar-refractivity contribution in [1.82, 2.24) is 10.3 Å². The molecule has 3 aromatic rings. The molecule has 0 unspecified atom stereocenters. The summed E-state index contributed by atoms with van der Waals surface area (Å²) in [6.45, 7) is 0. The third kappa shape index (κ3) is 3.42. The maximum absolute atomic E-state index is 12.7. The van der Waals surface area contributed by atoms with Crippen molar-refractivity contribution >= 4 is 16.9 Å². The summed E-state index contributed by atoms with van der Waals surface area (Å²) in [6, 6.07) is 13.2. The number of pyridine rings is 1. The van der Waals surface area contributed by atoms with Gasteiger partial charge in [0.1, 0.15) is 5.58 Å². The number of hydrogen-bond acceptors (Lipinski definition) is 4. The molecule has 128 valence electrons. The summed E-state index contributed by atoms with van der Waals surface area (Å²) >= 11 is 0. The van der Waals surface area contributed by atoms with Crippen LogP contribution in [0.15, 0.2) is 59.3 Å². The van der Waals surface area contributed by atoms with Crippen LogP contribution in [0.1, 0.15) is 29.0 Å². The molecule has 1 aromatic carbocycles. The van der Waals surface area contributed by atoms with Crippen LogP contribution in [0.2, 0.25) is 0 Å². The second kappa shape index (κ2) is 6.69. The van der Waals surface area contributed by atoms with Gasteiger partial charge in [-0.25, -0.2) is 0 Å².